The number of aromatic nitrogens is 2. The maximum atomic E-state index is 13.8. The highest BCUT2D eigenvalue weighted by atomic mass is 16.5. The minimum absolute atomic E-state index is 0.0564. The Kier molecular flexibility index (Phi) is 7.43. The van der Waals surface area contributed by atoms with E-state index in [0.717, 1.165) is 52.1 Å². The van der Waals surface area contributed by atoms with Crippen LogP contribution in [0.3, 0.4) is 0 Å². The minimum Gasteiger partial charge on any atom is -0.497 e. The molecule has 4 heterocycles. The first-order chi connectivity index (χ1) is 17.9. The molecule has 2 fully saturated rings. The van der Waals surface area contributed by atoms with Crippen LogP contribution in [-0.2, 0) is 16.0 Å². The molecule has 0 radical (unpaired) electrons. The van der Waals surface area contributed by atoms with Crippen LogP contribution >= 0.6 is 0 Å². The zero-order valence-electron chi connectivity index (χ0n) is 21.7. The predicted molar refractivity (Wildman–Crippen MR) is 142 cm³/mol. The van der Waals surface area contributed by atoms with Gasteiger partial charge in [0.15, 0.2) is 0 Å². The average Bonchev–Trinajstić information content (AvgIpc) is 3.43. The number of nitrogens with one attached hydrogen (secondary N) is 1. The fraction of sp³-hybridized carbons (Fsp3) is 0.464. The molecular weight excluding hydrogens is 472 g/mol. The maximum absolute atomic E-state index is 13.8. The van der Waals surface area contributed by atoms with Crippen molar-refractivity contribution in [2.45, 2.75) is 39.3 Å². The standard InChI is InChI=1S/C28H34N4O5/c1-18-13-24(27(33)29-19(18)2)28(34)32(17-23-5-4-10-37-23)16-21-14-20-6-7-22(35-3)15-25(20)30-26(21)31-8-11-36-12-9-31/h6-7,13-15,23H,4-5,8-12,16-17H2,1-3H3,(H,29,33)/t23-/m0/s1. The molecule has 3 aromatic rings. The molecule has 1 atom stereocenters. The molecule has 2 aliphatic heterocycles. The number of methoxy groups -OCH3 is 1. The molecule has 1 amide bonds. The van der Waals surface area contributed by atoms with Crippen molar-refractivity contribution in [3.63, 3.8) is 0 Å². The van der Waals surface area contributed by atoms with Gasteiger partial charge < -0.3 is 29.0 Å². The van der Waals surface area contributed by atoms with E-state index in [-0.39, 0.29) is 23.1 Å². The molecule has 9 heteroatoms. The third kappa shape index (κ3) is 5.47. The highest BCUT2D eigenvalue weighted by Crippen LogP contribution is 2.29. The number of fused-ring (bicyclic) bond motifs is 1. The van der Waals surface area contributed by atoms with Gasteiger partial charge in [0, 0.05) is 55.5 Å². The fourth-order valence-corrected chi connectivity index (χ4v) is 4.99. The van der Waals surface area contributed by atoms with Gasteiger partial charge in [0.1, 0.15) is 17.1 Å². The SMILES string of the molecule is COc1ccc2cc(CN(C[C@@H]3CCCO3)C(=O)c3cc(C)c(C)[nH]c3=O)c(N3CCOCC3)nc2c1. The van der Waals surface area contributed by atoms with E-state index in [2.05, 4.69) is 16.0 Å². The molecule has 0 spiro atoms. The Hall–Kier alpha value is -3.43. The smallest absolute Gasteiger partial charge is 0.261 e. The Bertz CT molecular complexity index is 1340. The number of morpholine rings is 1. The summed E-state index contributed by atoms with van der Waals surface area (Å²) in [4.78, 5) is 38.4. The number of ether oxygens (including phenoxy) is 3. The number of pyridine rings is 2. The van der Waals surface area contributed by atoms with Crippen molar-refractivity contribution in [2.75, 3.05) is 51.5 Å². The number of carbonyl (C=O) groups excluding carboxylic acids is 1. The van der Waals surface area contributed by atoms with Crippen LogP contribution < -0.4 is 15.2 Å². The lowest BCUT2D eigenvalue weighted by atomic mass is 10.1. The molecule has 0 saturated carbocycles. The van der Waals surface area contributed by atoms with Crippen LogP contribution in [0, 0.1) is 13.8 Å². The van der Waals surface area contributed by atoms with Crippen molar-refractivity contribution in [1.29, 1.82) is 0 Å². The van der Waals surface area contributed by atoms with Crippen LogP contribution in [0.2, 0.25) is 0 Å². The zero-order valence-corrected chi connectivity index (χ0v) is 21.7. The summed E-state index contributed by atoms with van der Waals surface area (Å²) in [7, 11) is 1.64. The summed E-state index contributed by atoms with van der Waals surface area (Å²) in [5.74, 6) is 1.26. The minimum atomic E-state index is -0.373. The normalized spacial score (nSPS) is 17.8. The predicted octanol–water partition coefficient (Wildman–Crippen LogP) is 3.21. The number of benzene rings is 1. The summed E-state index contributed by atoms with van der Waals surface area (Å²) in [5, 5.41) is 0.960. The topological polar surface area (TPSA) is 97.0 Å². The lowest BCUT2D eigenvalue weighted by molar-refractivity contribution is 0.0505. The summed E-state index contributed by atoms with van der Waals surface area (Å²) < 4.78 is 16.9. The van der Waals surface area contributed by atoms with Crippen LogP contribution in [-0.4, -0.2) is 73.4 Å². The first kappa shape index (κ1) is 25.2. The van der Waals surface area contributed by atoms with Gasteiger partial charge in [-0.15, -0.1) is 0 Å². The van der Waals surface area contributed by atoms with E-state index in [0.29, 0.717) is 46.0 Å². The molecule has 0 unspecified atom stereocenters. The molecule has 2 saturated heterocycles. The van der Waals surface area contributed by atoms with Crippen LogP contribution in [0.5, 0.6) is 5.75 Å². The highest BCUT2D eigenvalue weighted by Gasteiger charge is 2.28. The number of hydrogen-bond acceptors (Lipinski definition) is 7. The first-order valence-electron chi connectivity index (χ1n) is 12.8. The molecule has 5 rings (SSSR count). The molecule has 0 bridgehead atoms. The van der Waals surface area contributed by atoms with E-state index < -0.39 is 0 Å². The van der Waals surface area contributed by atoms with Crippen molar-refractivity contribution in [1.82, 2.24) is 14.9 Å². The number of aromatic amines is 1. The molecule has 196 valence electrons. The summed E-state index contributed by atoms with van der Waals surface area (Å²) in [5.41, 5.74) is 3.15. The summed E-state index contributed by atoms with van der Waals surface area (Å²) in [6.07, 6.45) is 1.80. The molecular formula is C28H34N4O5. The van der Waals surface area contributed by atoms with E-state index in [4.69, 9.17) is 19.2 Å². The van der Waals surface area contributed by atoms with Gasteiger partial charge in [0.25, 0.3) is 11.5 Å². The van der Waals surface area contributed by atoms with E-state index >= 15 is 0 Å². The fourth-order valence-electron chi connectivity index (χ4n) is 4.99. The number of anilines is 1. The number of nitrogens with zero attached hydrogens (tertiary/aromatic N) is 3. The van der Waals surface area contributed by atoms with Gasteiger partial charge in [-0.1, -0.05) is 0 Å². The Balaban J connectivity index is 1.56. The molecule has 2 aliphatic rings. The lowest BCUT2D eigenvalue weighted by Crippen LogP contribution is -2.41. The monoisotopic (exact) mass is 506 g/mol. The lowest BCUT2D eigenvalue weighted by Gasteiger charge is -2.32. The van der Waals surface area contributed by atoms with E-state index in [1.165, 1.54) is 0 Å². The summed E-state index contributed by atoms with van der Waals surface area (Å²) in [6, 6.07) is 9.59. The van der Waals surface area contributed by atoms with Gasteiger partial charge in [-0.05, 0) is 56.5 Å². The highest BCUT2D eigenvalue weighted by molar-refractivity contribution is 5.94. The van der Waals surface area contributed by atoms with Crippen molar-refractivity contribution < 1.29 is 19.0 Å². The van der Waals surface area contributed by atoms with Gasteiger partial charge in [0.2, 0.25) is 0 Å². The third-order valence-electron chi connectivity index (χ3n) is 7.22. The average molecular weight is 507 g/mol. The number of amides is 1. The molecule has 0 aliphatic carbocycles. The maximum Gasteiger partial charge on any atom is 0.261 e. The number of H-pyrrole nitrogens is 1. The zero-order chi connectivity index (χ0) is 25.9. The van der Waals surface area contributed by atoms with Gasteiger partial charge in [-0.3, -0.25) is 9.59 Å². The molecule has 37 heavy (non-hydrogen) atoms. The molecule has 9 nitrogen and oxygen atoms in total. The van der Waals surface area contributed by atoms with Crippen LogP contribution in [0.15, 0.2) is 35.1 Å². The number of carbonyl (C=O) groups is 1. The summed E-state index contributed by atoms with van der Waals surface area (Å²) in [6.45, 7) is 7.81. The number of hydrogen-bond donors (Lipinski definition) is 1. The van der Waals surface area contributed by atoms with Gasteiger partial charge >= 0.3 is 0 Å². The Morgan fingerprint density at radius 3 is 2.73 bits per heavy atom. The van der Waals surface area contributed by atoms with Gasteiger partial charge in [0.05, 0.1) is 31.9 Å². The van der Waals surface area contributed by atoms with Crippen molar-refractivity contribution in [3.8, 4) is 5.75 Å². The Morgan fingerprint density at radius 1 is 1.19 bits per heavy atom. The number of aryl methyl sites for hydroxylation is 2. The Morgan fingerprint density at radius 2 is 2.00 bits per heavy atom. The van der Waals surface area contributed by atoms with Crippen molar-refractivity contribution >= 4 is 22.6 Å². The van der Waals surface area contributed by atoms with Crippen molar-refractivity contribution in [2.24, 2.45) is 0 Å². The van der Waals surface area contributed by atoms with Gasteiger partial charge in [-0.2, -0.15) is 0 Å². The van der Waals surface area contributed by atoms with E-state index in [1.54, 1.807) is 18.1 Å². The van der Waals surface area contributed by atoms with E-state index in [1.807, 2.05) is 32.0 Å². The number of rotatable bonds is 7. The van der Waals surface area contributed by atoms with Gasteiger partial charge in [-0.25, -0.2) is 4.98 Å². The second-order valence-electron chi connectivity index (χ2n) is 9.77. The largest absolute Gasteiger partial charge is 0.497 e. The third-order valence-corrected chi connectivity index (χ3v) is 7.22. The van der Waals surface area contributed by atoms with E-state index in [9.17, 15) is 9.59 Å². The first-order valence-corrected chi connectivity index (χ1v) is 12.8. The molecule has 2 aromatic heterocycles. The van der Waals surface area contributed by atoms with Crippen LogP contribution in [0.4, 0.5) is 5.82 Å². The quantitative estimate of drug-likeness (QED) is 0.526. The van der Waals surface area contributed by atoms with Crippen molar-refractivity contribution in [3.05, 3.63) is 63.1 Å². The van der Waals surface area contributed by atoms with Crippen LogP contribution in [0.25, 0.3) is 10.9 Å². The second kappa shape index (κ2) is 10.9. The molecule has 1 N–H and O–H groups in total. The molecule has 1 aromatic carbocycles. The summed E-state index contributed by atoms with van der Waals surface area (Å²) >= 11 is 0. The Labute approximate surface area is 216 Å². The second-order valence-corrected chi connectivity index (χ2v) is 9.77. The van der Waals surface area contributed by atoms with Crippen LogP contribution in [0.1, 0.15) is 40.0 Å².